The number of nitriles is 1. The van der Waals surface area contributed by atoms with Gasteiger partial charge < -0.3 is 4.74 Å². The Morgan fingerprint density at radius 1 is 1.11 bits per heavy atom. The van der Waals surface area contributed by atoms with Crippen LogP contribution in [0, 0.1) is 17.3 Å². The van der Waals surface area contributed by atoms with Crippen LogP contribution in [0.1, 0.15) is 5.56 Å². The third-order valence-electron chi connectivity index (χ3n) is 5.59. The van der Waals surface area contributed by atoms with Crippen molar-refractivity contribution in [2.45, 2.75) is 4.90 Å². The van der Waals surface area contributed by atoms with E-state index in [1.807, 2.05) is 6.07 Å². The number of halogens is 1. The molecule has 0 saturated heterocycles. The maximum Gasteiger partial charge on any atom is 0.213 e. The second-order valence-electron chi connectivity index (χ2n) is 8.37. The first kappa shape index (κ1) is 25.2. The molecule has 38 heavy (non-hydrogen) atoms. The first-order valence-corrected chi connectivity index (χ1v) is 14.2. The zero-order chi connectivity index (χ0) is 26.9. The molecule has 5 rings (SSSR count). The van der Waals surface area contributed by atoms with Gasteiger partial charge in [-0.1, -0.05) is 0 Å². The summed E-state index contributed by atoms with van der Waals surface area (Å²) in [5.74, 6) is -0.179. The fourth-order valence-corrected chi connectivity index (χ4v) is 6.24. The van der Waals surface area contributed by atoms with Crippen molar-refractivity contribution in [1.82, 2.24) is 24.7 Å². The fourth-order valence-electron chi connectivity index (χ4n) is 3.72. The fraction of sp³-hybridized carbons (Fsp3) is 0.0800. The van der Waals surface area contributed by atoms with E-state index in [1.165, 1.54) is 54.2 Å². The Morgan fingerprint density at radius 2 is 1.95 bits per heavy atom. The molecule has 1 aromatic carbocycles. The van der Waals surface area contributed by atoms with Gasteiger partial charge in [0.1, 0.15) is 11.8 Å². The summed E-state index contributed by atoms with van der Waals surface area (Å²) in [7, 11) is -2.82. The predicted molar refractivity (Wildman–Crippen MR) is 142 cm³/mol. The Hall–Kier alpha value is -4.51. The standard InChI is InChI=1S/C25H20FN7O3S2/c1-33-21(6-8-31-33)19-13-20(16-5-7-28-24(26)12-16)30-15-23(19)36-22-4-3-18(11-17(22)14-27)38(2,34,35)32-25-29-9-10-37-25/h3-13,15H,1-2H3,(H2,29,32,34,35). The van der Waals surface area contributed by atoms with Crippen LogP contribution in [-0.4, -0.2) is 39.7 Å². The van der Waals surface area contributed by atoms with Gasteiger partial charge in [0.25, 0.3) is 0 Å². The van der Waals surface area contributed by atoms with Crippen molar-refractivity contribution in [2.24, 2.45) is 7.05 Å². The molecule has 13 heteroatoms. The van der Waals surface area contributed by atoms with Crippen molar-refractivity contribution in [1.29, 1.82) is 5.26 Å². The normalized spacial score (nSPS) is 12.3. The first-order valence-electron chi connectivity index (χ1n) is 11.0. The third-order valence-corrected chi connectivity index (χ3v) is 8.45. The smallest absolute Gasteiger partial charge is 0.213 e. The molecule has 0 aliphatic heterocycles. The zero-order valence-electron chi connectivity index (χ0n) is 20.1. The number of ether oxygens (including phenoxy) is 1. The van der Waals surface area contributed by atoms with Gasteiger partial charge in [0, 0.05) is 54.5 Å². The van der Waals surface area contributed by atoms with Crippen molar-refractivity contribution in [3.05, 3.63) is 84.1 Å². The molecule has 0 radical (unpaired) electrons. The Morgan fingerprint density at radius 3 is 2.63 bits per heavy atom. The molecule has 0 aliphatic carbocycles. The molecule has 0 atom stereocenters. The first-order chi connectivity index (χ1) is 18.1. The van der Waals surface area contributed by atoms with E-state index >= 15 is 0 Å². The number of nitrogens with one attached hydrogen (secondary N) is 1. The Kier molecular flexibility index (Phi) is 6.23. The predicted octanol–water partition coefficient (Wildman–Crippen LogP) is 5.11. The van der Waals surface area contributed by atoms with Crippen molar-refractivity contribution >= 4 is 26.0 Å². The van der Waals surface area contributed by atoms with E-state index in [0.29, 0.717) is 28.3 Å². The maximum atomic E-state index is 13.7. The van der Waals surface area contributed by atoms with Gasteiger partial charge >= 0.3 is 0 Å². The summed E-state index contributed by atoms with van der Waals surface area (Å²) in [5.41, 5.74) is 2.31. The molecule has 10 nitrogen and oxygen atoms in total. The minimum atomic E-state index is -4.58. The number of aromatic nitrogens is 5. The van der Waals surface area contributed by atoms with E-state index < -0.39 is 15.5 Å². The summed E-state index contributed by atoms with van der Waals surface area (Å²) in [5, 5.41) is 16.0. The Balaban J connectivity index is 1.55. The highest BCUT2D eigenvalue weighted by atomic mass is 32.3. The van der Waals surface area contributed by atoms with Crippen molar-refractivity contribution in [3.8, 4) is 40.1 Å². The molecule has 192 valence electrons. The molecule has 4 heterocycles. The van der Waals surface area contributed by atoms with Crippen LogP contribution in [0.25, 0.3) is 22.5 Å². The van der Waals surface area contributed by atoms with Gasteiger partial charge in [0.05, 0.1) is 28.0 Å². The Labute approximate surface area is 220 Å². The van der Waals surface area contributed by atoms with E-state index in [0.717, 1.165) is 6.26 Å². The second kappa shape index (κ2) is 9.42. The van der Waals surface area contributed by atoms with Crippen LogP contribution in [0.2, 0.25) is 0 Å². The van der Waals surface area contributed by atoms with Gasteiger partial charge in [0.15, 0.2) is 5.75 Å². The maximum absolute atomic E-state index is 13.7. The van der Waals surface area contributed by atoms with Gasteiger partial charge in [-0.2, -0.15) is 19.0 Å². The number of hydrogen-bond acceptors (Lipinski definition) is 8. The van der Waals surface area contributed by atoms with Gasteiger partial charge in [-0.05, 0) is 36.4 Å². The number of nitrogens with zero attached hydrogens (tertiary/aromatic N) is 6. The van der Waals surface area contributed by atoms with Crippen LogP contribution in [0.15, 0.2) is 77.5 Å². The molecule has 0 saturated carbocycles. The zero-order valence-corrected chi connectivity index (χ0v) is 21.7. The van der Waals surface area contributed by atoms with Crippen molar-refractivity contribution < 1.29 is 17.9 Å². The Bertz CT molecular complexity index is 1760. The average Bonchev–Trinajstić information content (AvgIpc) is 3.55. The summed E-state index contributed by atoms with van der Waals surface area (Å²) in [6.45, 7) is 0. The molecular formula is C25H20FN7O3S2. The lowest BCUT2D eigenvalue weighted by molar-refractivity contribution is 0.479. The number of thiazole rings is 1. The molecule has 0 unspecified atom stereocenters. The minimum absolute atomic E-state index is 0.00106. The summed E-state index contributed by atoms with van der Waals surface area (Å²) < 4.78 is 48.5. The van der Waals surface area contributed by atoms with Crippen LogP contribution >= 0.6 is 11.3 Å². The van der Waals surface area contributed by atoms with E-state index in [1.54, 1.807) is 41.5 Å². The van der Waals surface area contributed by atoms with E-state index in [2.05, 4.69) is 24.8 Å². The number of hydrogen-bond donors (Lipinski definition) is 2. The highest BCUT2D eigenvalue weighted by Crippen LogP contribution is 2.39. The number of benzene rings is 1. The highest BCUT2D eigenvalue weighted by molar-refractivity contribution is 8.15. The van der Waals surface area contributed by atoms with E-state index in [4.69, 9.17) is 4.74 Å². The van der Waals surface area contributed by atoms with Crippen LogP contribution < -0.4 is 9.46 Å². The molecule has 0 aliphatic rings. The van der Waals surface area contributed by atoms with Crippen LogP contribution in [0.4, 0.5) is 9.52 Å². The molecule has 0 spiro atoms. The molecule has 0 bridgehead atoms. The van der Waals surface area contributed by atoms with Crippen molar-refractivity contribution in [3.63, 3.8) is 0 Å². The quantitative estimate of drug-likeness (QED) is 0.267. The van der Waals surface area contributed by atoms with Gasteiger partial charge in [0.2, 0.25) is 11.1 Å². The lowest BCUT2D eigenvalue weighted by atomic mass is 10.1. The molecule has 0 fully saturated rings. The SMILES string of the molecule is Cn1nccc1-c1cc(-c2ccnc(F)c2)ncc1Oc1ccc(S(C)(=O)(O)Nc2nccs2)cc1C#N. The number of rotatable bonds is 7. The summed E-state index contributed by atoms with van der Waals surface area (Å²) >= 11 is 1.18. The minimum Gasteiger partial charge on any atom is -0.454 e. The monoisotopic (exact) mass is 549 g/mol. The second-order valence-corrected chi connectivity index (χ2v) is 12.5. The van der Waals surface area contributed by atoms with Crippen LogP contribution in [-0.2, 0) is 16.6 Å². The van der Waals surface area contributed by atoms with Gasteiger partial charge in [-0.3, -0.25) is 18.9 Å². The van der Waals surface area contributed by atoms with E-state index in [-0.39, 0.29) is 21.3 Å². The number of anilines is 1. The average molecular weight is 550 g/mol. The number of pyridine rings is 2. The van der Waals surface area contributed by atoms with Crippen LogP contribution in [0.3, 0.4) is 0 Å². The third kappa shape index (κ3) is 5.00. The largest absolute Gasteiger partial charge is 0.454 e. The highest BCUT2D eigenvalue weighted by Gasteiger charge is 2.26. The molecular weight excluding hydrogens is 529 g/mol. The lowest BCUT2D eigenvalue weighted by Gasteiger charge is -2.39. The summed E-state index contributed by atoms with van der Waals surface area (Å²) in [6, 6.07) is 12.6. The lowest BCUT2D eigenvalue weighted by Crippen LogP contribution is -2.39. The molecule has 2 N–H and O–H groups in total. The van der Waals surface area contributed by atoms with Crippen molar-refractivity contribution in [2.75, 3.05) is 11.0 Å². The van der Waals surface area contributed by atoms with E-state index in [9.17, 15) is 18.4 Å². The summed E-state index contributed by atoms with van der Waals surface area (Å²) in [4.78, 5) is 12.0. The molecule has 4 aromatic heterocycles. The van der Waals surface area contributed by atoms with Gasteiger partial charge in [-0.25, -0.2) is 9.97 Å². The van der Waals surface area contributed by atoms with Crippen LogP contribution in [0.5, 0.6) is 11.5 Å². The number of aryl methyl sites for hydroxylation is 1. The molecule has 5 aromatic rings. The van der Waals surface area contributed by atoms with Gasteiger partial charge in [-0.15, -0.1) is 20.9 Å². The molecule has 0 amide bonds. The topological polar surface area (TPSA) is 139 Å². The summed E-state index contributed by atoms with van der Waals surface area (Å²) in [6.07, 6.45) is 7.10.